The van der Waals surface area contributed by atoms with Crippen LogP contribution in [0.1, 0.15) is 22.2 Å². The Bertz CT molecular complexity index is 367. The number of hydrogen-bond donors (Lipinski definition) is 0. The minimum Gasteiger partial charge on any atom is -0.378 e. The summed E-state index contributed by atoms with van der Waals surface area (Å²) in [4.78, 5) is 14.9. The van der Waals surface area contributed by atoms with Crippen LogP contribution < -0.4 is 4.90 Å². The fourth-order valence-electron chi connectivity index (χ4n) is 1.76. The van der Waals surface area contributed by atoms with E-state index < -0.39 is 0 Å². The predicted octanol–water partition coefficient (Wildman–Crippen LogP) is 2.10. The molecule has 0 saturated carbocycles. The molecule has 0 unspecified atom stereocenters. The Labute approximate surface area is 93.7 Å². The first-order chi connectivity index (χ1) is 7.18. The van der Waals surface area contributed by atoms with Crippen molar-refractivity contribution in [2.75, 3.05) is 31.2 Å². The summed E-state index contributed by atoms with van der Waals surface area (Å²) >= 11 is 1.70. The maximum absolute atomic E-state index is 11.5. The maximum Gasteiger partial charge on any atom is 0.162 e. The van der Waals surface area contributed by atoms with Crippen LogP contribution in [0.25, 0.3) is 0 Å². The number of ketones is 1. The molecule has 1 aromatic heterocycles. The summed E-state index contributed by atoms with van der Waals surface area (Å²) < 4.78 is 5.31. The molecule has 0 radical (unpaired) electrons. The van der Waals surface area contributed by atoms with Gasteiger partial charge >= 0.3 is 0 Å². The van der Waals surface area contributed by atoms with Crippen molar-refractivity contribution in [1.82, 2.24) is 0 Å². The molecule has 0 aromatic carbocycles. The number of morpholine rings is 1. The molecule has 2 heterocycles. The van der Waals surface area contributed by atoms with Gasteiger partial charge in [-0.05, 0) is 19.9 Å². The van der Waals surface area contributed by atoms with E-state index >= 15 is 0 Å². The summed E-state index contributed by atoms with van der Waals surface area (Å²) in [7, 11) is 0. The van der Waals surface area contributed by atoms with Crippen molar-refractivity contribution >= 4 is 22.1 Å². The number of thiophene rings is 1. The zero-order valence-electron chi connectivity index (χ0n) is 9.08. The van der Waals surface area contributed by atoms with Crippen LogP contribution in [0, 0.1) is 6.92 Å². The first-order valence-electron chi connectivity index (χ1n) is 5.12. The second kappa shape index (κ2) is 4.33. The number of hydrogen-bond acceptors (Lipinski definition) is 4. The molecule has 1 aromatic rings. The number of ether oxygens (including phenoxy) is 1. The monoisotopic (exact) mass is 225 g/mol. The molecule has 0 N–H and O–H groups in total. The van der Waals surface area contributed by atoms with E-state index in [4.69, 9.17) is 4.74 Å². The second-order valence-electron chi connectivity index (χ2n) is 3.73. The molecular weight excluding hydrogens is 210 g/mol. The van der Waals surface area contributed by atoms with E-state index in [1.54, 1.807) is 18.3 Å². The number of carbonyl (C=O) groups excluding carboxylic acids is 1. The van der Waals surface area contributed by atoms with Gasteiger partial charge in [-0.15, -0.1) is 11.3 Å². The Morgan fingerprint density at radius 3 is 2.73 bits per heavy atom. The van der Waals surface area contributed by atoms with Crippen molar-refractivity contribution < 1.29 is 9.53 Å². The lowest BCUT2D eigenvalue weighted by atomic mass is 10.2. The highest BCUT2D eigenvalue weighted by Crippen LogP contribution is 2.31. The number of rotatable bonds is 2. The van der Waals surface area contributed by atoms with Gasteiger partial charge in [0.1, 0.15) is 5.00 Å². The Balaban J connectivity index is 2.28. The lowest BCUT2D eigenvalue weighted by Gasteiger charge is -2.28. The third kappa shape index (κ3) is 2.21. The van der Waals surface area contributed by atoms with Crippen LogP contribution in [-0.2, 0) is 4.74 Å². The zero-order valence-corrected chi connectivity index (χ0v) is 9.89. The van der Waals surface area contributed by atoms with E-state index in [0.717, 1.165) is 36.9 Å². The summed E-state index contributed by atoms with van der Waals surface area (Å²) in [5.74, 6) is 0.154. The largest absolute Gasteiger partial charge is 0.378 e. The summed E-state index contributed by atoms with van der Waals surface area (Å²) in [6.45, 7) is 6.97. The molecule has 0 aliphatic carbocycles. The lowest BCUT2D eigenvalue weighted by molar-refractivity contribution is 0.101. The normalized spacial score (nSPS) is 16.8. The highest BCUT2D eigenvalue weighted by Gasteiger charge is 2.19. The van der Waals surface area contributed by atoms with Crippen LogP contribution in [0.5, 0.6) is 0 Å². The van der Waals surface area contributed by atoms with Crippen LogP contribution in [0.3, 0.4) is 0 Å². The Morgan fingerprint density at radius 2 is 2.13 bits per heavy atom. The van der Waals surface area contributed by atoms with E-state index in [2.05, 4.69) is 4.90 Å². The smallest absolute Gasteiger partial charge is 0.162 e. The molecule has 0 amide bonds. The summed E-state index contributed by atoms with van der Waals surface area (Å²) in [6, 6.07) is 1.98. The van der Waals surface area contributed by atoms with E-state index in [1.165, 1.54) is 4.88 Å². The van der Waals surface area contributed by atoms with Crippen molar-refractivity contribution in [3.8, 4) is 0 Å². The van der Waals surface area contributed by atoms with E-state index in [9.17, 15) is 4.79 Å². The van der Waals surface area contributed by atoms with Crippen molar-refractivity contribution in [1.29, 1.82) is 0 Å². The van der Waals surface area contributed by atoms with Crippen molar-refractivity contribution in [3.63, 3.8) is 0 Å². The topological polar surface area (TPSA) is 29.5 Å². The van der Waals surface area contributed by atoms with Gasteiger partial charge in [-0.25, -0.2) is 0 Å². The Kier molecular flexibility index (Phi) is 3.07. The molecule has 0 atom stereocenters. The fourth-order valence-corrected chi connectivity index (χ4v) is 2.86. The summed E-state index contributed by atoms with van der Waals surface area (Å²) in [5.41, 5.74) is 0.861. The minimum absolute atomic E-state index is 0.154. The molecule has 4 heteroatoms. The molecule has 1 aliphatic heterocycles. The zero-order chi connectivity index (χ0) is 10.8. The number of Topliss-reactive ketones (excluding diaryl/α,β-unsaturated/α-hetero) is 1. The SMILES string of the molecule is CC(=O)c1cc(C)sc1N1CCOCC1. The highest BCUT2D eigenvalue weighted by atomic mass is 32.1. The van der Waals surface area contributed by atoms with E-state index in [1.807, 2.05) is 13.0 Å². The Hall–Kier alpha value is -0.870. The van der Waals surface area contributed by atoms with Crippen molar-refractivity contribution in [2.24, 2.45) is 0 Å². The van der Waals surface area contributed by atoms with Gasteiger partial charge in [0.2, 0.25) is 0 Å². The second-order valence-corrected chi connectivity index (χ2v) is 4.97. The van der Waals surface area contributed by atoms with Crippen LogP contribution in [0.4, 0.5) is 5.00 Å². The van der Waals surface area contributed by atoms with Gasteiger partial charge in [0, 0.05) is 18.0 Å². The third-order valence-corrected chi connectivity index (χ3v) is 3.62. The molecule has 2 rings (SSSR count). The van der Waals surface area contributed by atoms with Crippen molar-refractivity contribution in [3.05, 3.63) is 16.5 Å². The number of anilines is 1. The Morgan fingerprint density at radius 1 is 1.47 bits per heavy atom. The van der Waals surface area contributed by atoms with Gasteiger partial charge in [0.05, 0.1) is 18.8 Å². The summed E-state index contributed by atoms with van der Waals surface area (Å²) in [6.07, 6.45) is 0. The standard InChI is InChI=1S/C11H15NO2S/c1-8-7-10(9(2)13)11(15-8)12-3-5-14-6-4-12/h7H,3-6H2,1-2H3. The van der Waals surface area contributed by atoms with Crippen molar-refractivity contribution in [2.45, 2.75) is 13.8 Å². The van der Waals surface area contributed by atoms with Gasteiger partial charge in [-0.2, -0.15) is 0 Å². The van der Waals surface area contributed by atoms with Gasteiger partial charge in [0.25, 0.3) is 0 Å². The van der Waals surface area contributed by atoms with E-state index in [0.29, 0.717) is 0 Å². The molecular formula is C11H15NO2S. The summed E-state index contributed by atoms with van der Waals surface area (Å²) in [5, 5.41) is 1.11. The van der Waals surface area contributed by atoms with Crippen LogP contribution in [-0.4, -0.2) is 32.1 Å². The maximum atomic E-state index is 11.5. The molecule has 82 valence electrons. The number of carbonyl (C=O) groups is 1. The fraction of sp³-hybridized carbons (Fsp3) is 0.545. The molecule has 1 aliphatic rings. The van der Waals surface area contributed by atoms with Gasteiger partial charge in [-0.1, -0.05) is 0 Å². The van der Waals surface area contributed by atoms with Crippen LogP contribution in [0.15, 0.2) is 6.07 Å². The van der Waals surface area contributed by atoms with Gasteiger partial charge in [-0.3, -0.25) is 4.79 Å². The van der Waals surface area contributed by atoms with Gasteiger partial charge in [0.15, 0.2) is 5.78 Å². The molecule has 1 fully saturated rings. The quantitative estimate of drug-likeness (QED) is 0.722. The predicted molar refractivity (Wildman–Crippen MR) is 62.1 cm³/mol. The first kappa shape index (κ1) is 10.6. The van der Waals surface area contributed by atoms with E-state index in [-0.39, 0.29) is 5.78 Å². The average Bonchev–Trinajstić information content (AvgIpc) is 2.62. The third-order valence-electron chi connectivity index (χ3n) is 2.51. The lowest BCUT2D eigenvalue weighted by Crippen LogP contribution is -2.36. The molecule has 0 bridgehead atoms. The molecule has 3 nitrogen and oxygen atoms in total. The molecule has 1 saturated heterocycles. The highest BCUT2D eigenvalue weighted by molar-refractivity contribution is 7.16. The van der Waals surface area contributed by atoms with Crippen LogP contribution >= 0.6 is 11.3 Å². The molecule has 0 spiro atoms. The molecule has 15 heavy (non-hydrogen) atoms. The first-order valence-corrected chi connectivity index (χ1v) is 5.94. The van der Waals surface area contributed by atoms with Gasteiger partial charge < -0.3 is 9.64 Å². The number of aryl methyl sites for hydroxylation is 1. The van der Waals surface area contributed by atoms with Crippen LogP contribution in [0.2, 0.25) is 0 Å². The minimum atomic E-state index is 0.154. The average molecular weight is 225 g/mol. The number of nitrogens with zero attached hydrogens (tertiary/aromatic N) is 1.